The van der Waals surface area contributed by atoms with Gasteiger partial charge in [-0.1, -0.05) is 0 Å². The van der Waals surface area contributed by atoms with E-state index in [1.807, 2.05) is 0 Å². The zero-order valence-corrected chi connectivity index (χ0v) is 18.7. The molecule has 4 rings (SSSR count). The van der Waals surface area contributed by atoms with Crippen molar-refractivity contribution in [1.29, 1.82) is 0 Å². The van der Waals surface area contributed by atoms with Crippen molar-refractivity contribution in [2.45, 2.75) is 50.6 Å². The highest BCUT2D eigenvalue weighted by molar-refractivity contribution is 6.01. The fourth-order valence-corrected chi connectivity index (χ4v) is 4.99. The van der Waals surface area contributed by atoms with Crippen LogP contribution < -0.4 is 26.0 Å². The molecule has 1 unspecified atom stereocenters. The SMILES string of the molecule is COc1cc(N2CCN(CC3CCC(N)CC3)CC2)c(F)cc1NC1CCC(=O)NC1=O. The normalized spacial score (nSPS) is 27.2. The van der Waals surface area contributed by atoms with Crippen LogP contribution in [0.5, 0.6) is 5.75 Å². The Morgan fingerprint density at radius 1 is 1.12 bits per heavy atom. The second-order valence-corrected chi connectivity index (χ2v) is 9.22. The highest BCUT2D eigenvalue weighted by atomic mass is 19.1. The molecule has 1 saturated carbocycles. The van der Waals surface area contributed by atoms with Gasteiger partial charge in [-0.05, 0) is 38.0 Å². The van der Waals surface area contributed by atoms with Crippen molar-refractivity contribution in [3.63, 3.8) is 0 Å². The van der Waals surface area contributed by atoms with E-state index in [9.17, 15) is 9.59 Å². The number of nitrogens with zero attached hydrogens (tertiary/aromatic N) is 2. The summed E-state index contributed by atoms with van der Waals surface area (Å²) >= 11 is 0. The van der Waals surface area contributed by atoms with E-state index in [4.69, 9.17) is 10.5 Å². The summed E-state index contributed by atoms with van der Waals surface area (Å²) in [4.78, 5) is 27.9. The third-order valence-corrected chi connectivity index (χ3v) is 6.96. The van der Waals surface area contributed by atoms with Crippen molar-refractivity contribution in [2.24, 2.45) is 11.7 Å². The molecule has 0 bridgehead atoms. The van der Waals surface area contributed by atoms with Crippen molar-refractivity contribution < 1.29 is 18.7 Å². The first-order chi connectivity index (χ1) is 15.4. The maximum atomic E-state index is 15.1. The first-order valence-corrected chi connectivity index (χ1v) is 11.6. The monoisotopic (exact) mass is 447 g/mol. The highest BCUT2D eigenvalue weighted by Crippen LogP contribution is 2.34. The summed E-state index contributed by atoms with van der Waals surface area (Å²) in [6.07, 6.45) is 5.27. The van der Waals surface area contributed by atoms with E-state index >= 15 is 4.39 Å². The molecule has 2 amide bonds. The van der Waals surface area contributed by atoms with Crippen LogP contribution in [0.3, 0.4) is 0 Å². The van der Waals surface area contributed by atoms with Crippen LogP contribution in [-0.4, -0.2) is 68.6 Å². The van der Waals surface area contributed by atoms with Gasteiger partial charge in [0.05, 0.1) is 18.5 Å². The highest BCUT2D eigenvalue weighted by Gasteiger charge is 2.29. The van der Waals surface area contributed by atoms with Gasteiger partial charge in [0.25, 0.3) is 0 Å². The van der Waals surface area contributed by atoms with E-state index in [0.717, 1.165) is 51.5 Å². The molecule has 1 aromatic carbocycles. The van der Waals surface area contributed by atoms with Crippen LogP contribution in [0.15, 0.2) is 12.1 Å². The number of methoxy groups -OCH3 is 1. The second-order valence-electron chi connectivity index (χ2n) is 9.22. The van der Waals surface area contributed by atoms with Crippen molar-refractivity contribution in [1.82, 2.24) is 10.2 Å². The largest absolute Gasteiger partial charge is 0.495 e. The lowest BCUT2D eigenvalue weighted by Gasteiger charge is -2.39. The van der Waals surface area contributed by atoms with Crippen LogP contribution in [0.4, 0.5) is 15.8 Å². The van der Waals surface area contributed by atoms with E-state index in [0.29, 0.717) is 29.6 Å². The molecule has 1 aromatic rings. The van der Waals surface area contributed by atoms with Gasteiger partial charge in [0.1, 0.15) is 17.6 Å². The van der Waals surface area contributed by atoms with Crippen molar-refractivity contribution in [3.05, 3.63) is 17.9 Å². The Morgan fingerprint density at radius 3 is 2.50 bits per heavy atom. The van der Waals surface area contributed by atoms with E-state index in [-0.39, 0.29) is 18.1 Å². The Morgan fingerprint density at radius 2 is 1.84 bits per heavy atom. The van der Waals surface area contributed by atoms with E-state index in [1.54, 1.807) is 6.07 Å². The maximum Gasteiger partial charge on any atom is 0.249 e. The van der Waals surface area contributed by atoms with Crippen LogP contribution in [-0.2, 0) is 9.59 Å². The molecule has 9 heteroatoms. The summed E-state index contributed by atoms with van der Waals surface area (Å²) in [6.45, 7) is 4.42. The summed E-state index contributed by atoms with van der Waals surface area (Å²) in [6, 6.07) is 2.86. The number of benzene rings is 1. The molecule has 4 N–H and O–H groups in total. The van der Waals surface area contributed by atoms with E-state index < -0.39 is 11.9 Å². The first kappa shape index (κ1) is 22.8. The number of hydrogen-bond acceptors (Lipinski definition) is 7. The standard InChI is InChI=1S/C23H34FN5O3/c1-32-21-13-20(17(24)12-19(21)26-18-6-7-22(30)27-23(18)31)29-10-8-28(9-11-29)14-15-2-4-16(25)5-3-15/h12-13,15-16,18,26H,2-11,14,25H2,1H3,(H,27,30,31). The fraction of sp³-hybridized carbons (Fsp3) is 0.652. The van der Waals surface area contributed by atoms with Crippen LogP contribution in [0.2, 0.25) is 0 Å². The zero-order valence-electron chi connectivity index (χ0n) is 18.7. The topological polar surface area (TPSA) is 99.9 Å². The molecule has 0 aromatic heterocycles. The number of amides is 2. The molecule has 0 radical (unpaired) electrons. The summed E-state index contributed by atoms with van der Waals surface area (Å²) in [5.41, 5.74) is 6.95. The molecule has 2 aliphatic heterocycles. The fourth-order valence-electron chi connectivity index (χ4n) is 4.99. The number of hydrogen-bond donors (Lipinski definition) is 3. The molecule has 8 nitrogen and oxygen atoms in total. The molecule has 2 heterocycles. The third kappa shape index (κ3) is 5.32. The van der Waals surface area contributed by atoms with E-state index in [2.05, 4.69) is 20.4 Å². The number of nitrogens with two attached hydrogens (primary N) is 1. The molecular formula is C23H34FN5O3. The van der Waals surface area contributed by atoms with E-state index in [1.165, 1.54) is 26.0 Å². The predicted molar refractivity (Wildman–Crippen MR) is 121 cm³/mol. The average molecular weight is 448 g/mol. The third-order valence-electron chi connectivity index (χ3n) is 6.96. The summed E-state index contributed by atoms with van der Waals surface area (Å²) in [5, 5.41) is 5.34. The van der Waals surface area contributed by atoms with Gasteiger partial charge in [0.15, 0.2) is 0 Å². The van der Waals surface area contributed by atoms with Crippen LogP contribution in [0.1, 0.15) is 38.5 Å². The average Bonchev–Trinajstić information content (AvgIpc) is 2.78. The number of imide groups is 1. The van der Waals surface area contributed by atoms with Crippen LogP contribution in [0.25, 0.3) is 0 Å². The first-order valence-electron chi connectivity index (χ1n) is 11.6. The van der Waals surface area contributed by atoms with Gasteiger partial charge in [-0.2, -0.15) is 0 Å². The lowest BCUT2D eigenvalue weighted by molar-refractivity contribution is -0.133. The minimum Gasteiger partial charge on any atom is -0.495 e. The number of carbonyl (C=O) groups excluding carboxylic acids is 2. The molecule has 3 aliphatic rings. The number of piperazine rings is 1. The van der Waals surface area contributed by atoms with Gasteiger partial charge < -0.3 is 20.7 Å². The molecular weight excluding hydrogens is 413 g/mol. The Hall–Kier alpha value is -2.39. The van der Waals surface area contributed by atoms with Gasteiger partial charge in [-0.15, -0.1) is 0 Å². The minimum atomic E-state index is -0.593. The molecule has 176 valence electrons. The smallest absolute Gasteiger partial charge is 0.249 e. The molecule has 1 atom stereocenters. The zero-order chi connectivity index (χ0) is 22.7. The van der Waals surface area contributed by atoms with Gasteiger partial charge in [-0.25, -0.2) is 4.39 Å². The number of anilines is 2. The Balaban J connectivity index is 1.37. The molecule has 32 heavy (non-hydrogen) atoms. The number of nitrogens with one attached hydrogen (secondary N) is 2. The van der Waals surface area contributed by atoms with Crippen LogP contribution >= 0.6 is 0 Å². The van der Waals surface area contributed by atoms with Gasteiger partial charge in [-0.3, -0.25) is 19.8 Å². The Kier molecular flexibility index (Phi) is 7.15. The number of carbonyl (C=O) groups is 2. The van der Waals surface area contributed by atoms with Gasteiger partial charge >= 0.3 is 0 Å². The Bertz CT molecular complexity index is 835. The van der Waals surface area contributed by atoms with Crippen LogP contribution in [0, 0.1) is 11.7 Å². The van der Waals surface area contributed by atoms with Gasteiger partial charge in [0.2, 0.25) is 11.8 Å². The van der Waals surface area contributed by atoms with Crippen molar-refractivity contribution in [3.8, 4) is 5.75 Å². The molecule has 1 aliphatic carbocycles. The predicted octanol–water partition coefficient (Wildman–Crippen LogP) is 1.69. The Labute approximate surface area is 188 Å². The lowest BCUT2D eigenvalue weighted by atomic mass is 9.86. The van der Waals surface area contributed by atoms with Gasteiger partial charge in [0, 0.05) is 57.3 Å². The van der Waals surface area contributed by atoms with Crippen molar-refractivity contribution >= 4 is 23.2 Å². The summed E-state index contributed by atoms with van der Waals surface area (Å²) in [7, 11) is 1.53. The number of halogens is 1. The number of ether oxygens (including phenoxy) is 1. The molecule has 0 spiro atoms. The molecule has 2 saturated heterocycles. The summed E-state index contributed by atoms with van der Waals surface area (Å²) in [5.74, 6) is 0.162. The maximum absolute atomic E-state index is 15.1. The number of piperidine rings is 1. The quantitative estimate of drug-likeness (QED) is 0.571. The summed E-state index contributed by atoms with van der Waals surface area (Å²) < 4.78 is 20.5. The minimum absolute atomic E-state index is 0.254. The lowest BCUT2D eigenvalue weighted by Crippen LogP contribution is -2.48. The number of rotatable bonds is 6. The molecule has 3 fully saturated rings. The van der Waals surface area contributed by atoms with Crippen molar-refractivity contribution in [2.75, 3.05) is 50.1 Å². The second kappa shape index (κ2) is 10.0.